The van der Waals surface area contributed by atoms with Gasteiger partial charge in [0, 0.05) is 11.8 Å². The normalized spacial score (nSPS) is 11.8. The number of aromatic nitrogens is 2. The molecular formula is C10H6F4N2. The van der Waals surface area contributed by atoms with Gasteiger partial charge in [-0.05, 0) is 24.3 Å². The van der Waals surface area contributed by atoms with Crippen molar-refractivity contribution in [3.05, 3.63) is 41.8 Å². The maximum Gasteiger partial charge on any atom is 0.419 e. The lowest BCUT2D eigenvalue weighted by atomic mass is 10.1. The average molecular weight is 230 g/mol. The summed E-state index contributed by atoms with van der Waals surface area (Å²) in [6.07, 6.45) is -3.29. The number of aromatic amines is 1. The first-order chi connectivity index (χ1) is 7.48. The van der Waals surface area contributed by atoms with E-state index < -0.39 is 17.6 Å². The van der Waals surface area contributed by atoms with Gasteiger partial charge >= 0.3 is 6.18 Å². The molecule has 6 heteroatoms. The summed E-state index contributed by atoms with van der Waals surface area (Å²) in [4.78, 5) is 0. The smallest absolute Gasteiger partial charge is 0.278 e. The van der Waals surface area contributed by atoms with Crippen LogP contribution in [0.15, 0.2) is 30.5 Å². The third-order valence-electron chi connectivity index (χ3n) is 2.08. The van der Waals surface area contributed by atoms with Gasteiger partial charge in [0.1, 0.15) is 5.82 Å². The van der Waals surface area contributed by atoms with Crippen molar-refractivity contribution in [2.24, 2.45) is 0 Å². The number of hydrogen-bond donors (Lipinski definition) is 1. The molecule has 0 radical (unpaired) electrons. The van der Waals surface area contributed by atoms with Crippen LogP contribution in [0.25, 0.3) is 11.3 Å². The van der Waals surface area contributed by atoms with E-state index in [0.717, 1.165) is 12.1 Å². The number of nitrogens with one attached hydrogen (secondary N) is 1. The summed E-state index contributed by atoms with van der Waals surface area (Å²) >= 11 is 0. The first kappa shape index (κ1) is 10.7. The zero-order chi connectivity index (χ0) is 11.8. The van der Waals surface area contributed by atoms with Gasteiger partial charge in [-0.2, -0.15) is 18.3 Å². The largest absolute Gasteiger partial charge is 0.419 e. The Labute approximate surface area is 87.9 Å². The van der Waals surface area contributed by atoms with Gasteiger partial charge in [0.15, 0.2) is 0 Å². The second-order valence-corrected chi connectivity index (χ2v) is 3.16. The molecule has 1 heterocycles. The highest BCUT2D eigenvalue weighted by Gasteiger charge is 2.34. The fourth-order valence-electron chi connectivity index (χ4n) is 1.33. The average Bonchev–Trinajstić information content (AvgIpc) is 2.69. The van der Waals surface area contributed by atoms with Crippen LogP contribution in [0.3, 0.4) is 0 Å². The molecule has 2 aromatic rings. The molecule has 0 bridgehead atoms. The van der Waals surface area contributed by atoms with Crippen molar-refractivity contribution in [2.45, 2.75) is 6.18 Å². The molecule has 0 fully saturated rings. The van der Waals surface area contributed by atoms with Crippen LogP contribution in [0.5, 0.6) is 0 Å². The van der Waals surface area contributed by atoms with Crippen LogP contribution in [0.4, 0.5) is 17.6 Å². The van der Waals surface area contributed by atoms with Crippen molar-refractivity contribution in [1.29, 1.82) is 0 Å². The Morgan fingerprint density at radius 1 is 1.12 bits per heavy atom. The quantitative estimate of drug-likeness (QED) is 0.748. The van der Waals surface area contributed by atoms with Gasteiger partial charge in [0.25, 0.3) is 0 Å². The SMILES string of the molecule is Fc1ccc(-c2ccn[nH]2)cc1C(F)(F)F. The molecule has 0 atom stereocenters. The minimum Gasteiger partial charge on any atom is -0.278 e. The number of hydrogen-bond acceptors (Lipinski definition) is 1. The minimum absolute atomic E-state index is 0.242. The summed E-state index contributed by atoms with van der Waals surface area (Å²) in [5.41, 5.74) is -0.628. The molecule has 84 valence electrons. The van der Waals surface area contributed by atoms with Crippen molar-refractivity contribution in [3.63, 3.8) is 0 Å². The van der Waals surface area contributed by atoms with Crippen LogP contribution in [-0.4, -0.2) is 10.2 Å². The molecule has 0 aliphatic rings. The van der Waals surface area contributed by atoms with Gasteiger partial charge in [-0.1, -0.05) is 0 Å². The Balaban J connectivity index is 2.52. The standard InChI is InChI=1S/C10H6F4N2/c11-8-2-1-6(9-3-4-15-16-9)5-7(8)10(12,13)14/h1-5H,(H,15,16). The van der Waals surface area contributed by atoms with E-state index in [0.29, 0.717) is 5.69 Å². The first-order valence-corrected chi connectivity index (χ1v) is 4.35. The first-order valence-electron chi connectivity index (χ1n) is 4.35. The zero-order valence-electron chi connectivity index (χ0n) is 7.85. The third-order valence-corrected chi connectivity index (χ3v) is 2.08. The predicted molar refractivity (Wildman–Crippen MR) is 49.0 cm³/mol. The van der Waals surface area contributed by atoms with Gasteiger partial charge in [-0.15, -0.1) is 0 Å². The topological polar surface area (TPSA) is 28.7 Å². The van der Waals surface area contributed by atoms with E-state index in [1.807, 2.05) is 0 Å². The summed E-state index contributed by atoms with van der Waals surface area (Å²) in [5, 5.41) is 6.12. The van der Waals surface area contributed by atoms with Crippen molar-refractivity contribution in [3.8, 4) is 11.3 Å². The molecule has 1 N–H and O–H groups in total. The minimum atomic E-state index is -4.69. The second-order valence-electron chi connectivity index (χ2n) is 3.16. The van der Waals surface area contributed by atoms with Crippen molar-refractivity contribution in [2.75, 3.05) is 0 Å². The summed E-state index contributed by atoms with van der Waals surface area (Å²) in [6.45, 7) is 0. The Kier molecular flexibility index (Phi) is 2.41. The molecule has 0 unspecified atom stereocenters. The van der Waals surface area contributed by atoms with Crippen molar-refractivity contribution in [1.82, 2.24) is 10.2 Å². The lowest BCUT2D eigenvalue weighted by Crippen LogP contribution is -2.08. The summed E-state index contributed by atoms with van der Waals surface area (Å²) in [6, 6.07) is 4.31. The zero-order valence-corrected chi connectivity index (χ0v) is 7.85. The Morgan fingerprint density at radius 2 is 1.88 bits per heavy atom. The molecule has 0 saturated carbocycles. The Bertz CT molecular complexity index is 488. The number of nitrogens with zero attached hydrogens (tertiary/aromatic N) is 1. The molecule has 0 aliphatic carbocycles. The van der Waals surface area contributed by atoms with Crippen LogP contribution >= 0.6 is 0 Å². The van der Waals surface area contributed by atoms with Gasteiger partial charge in [0.2, 0.25) is 0 Å². The monoisotopic (exact) mass is 230 g/mol. The molecule has 2 rings (SSSR count). The lowest BCUT2D eigenvalue weighted by molar-refractivity contribution is -0.139. The molecule has 0 amide bonds. The molecule has 1 aromatic heterocycles. The van der Waals surface area contributed by atoms with E-state index in [1.54, 1.807) is 0 Å². The molecule has 1 aromatic carbocycles. The molecular weight excluding hydrogens is 224 g/mol. The van der Waals surface area contributed by atoms with Gasteiger partial charge in [-0.3, -0.25) is 5.10 Å². The van der Waals surface area contributed by atoms with E-state index in [9.17, 15) is 17.6 Å². The third kappa shape index (κ3) is 1.91. The summed E-state index contributed by atoms with van der Waals surface area (Å²) in [7, 11) is 0. The van der Waals surface area contributed by atoms with Crippen LogP contribution in [-0.2, 0) is 6.18 Å². The number of rotatable bonds is 1. The number of alkyl halides is 3. The van der Waals surface area contributed by atoms with E-state index >= 15 is 0 Å². The van der Waals surface area contributed by atoms with Crippen LogP contribution in [0, 0.1) is 5.82 Å². The second kappa shape index (κ2) is 3.62. The van der Waals surface area contributed by atoms with Crippen LogP contribution in [0.1, 0.15) is 5.56 Å². The van der Waals surface area contributed by atoms with Crippen LogP contribution < -0.4 is 0 Å². The Hall–Kier alpha value is -1.85. The number of benzene rings is 1. The molecule has 0 aliphatic heterocycles. The summed E-state index contributed by atoms with van der Waals surface area (Å²) in [5.74, 6) is -1.28. The number of H-pyrrole nitrogens is 1. The maximum atomic E-state index is 13.0. The number of halogens is 4. The highest BCUT2D eigenvalue weighted by atomic mass is 19.4. The summed E-state index contributed by atoms with van der Waals surface area (Å²) < 4.78 is 50.2. The molecule has 2 nitrogen and oxygen atoms in total. The molecule has 0 spiro atoms. The highest BCUT2D eigenvalue weighted by molar-refractivity contribution is 5.59. The lowest BCUT2D eigenvalue weighted by Gasteiger charge is -2.09. The Morgan fingerprint density at radius 3 is 2.44 bits per heavy atom. The van der Waals surface area contributed by atoms with Gasteiger partial charge in [0.05, 0.1) is 11.3 Å². The van der Waals surface area contributed by atoms with Gasteiger partial charge in [-0.25, -0.2) is 4.39 Å². The highest BCUT2D eigenvalue weighted by Crippen LogP contribution is 2.33. The van der Waals surface area contributed by atoms with E-state index in [1.165, 1.54) is 18.3 Å². The van der Waals surface area contributed by atoms with Crippen molar-refractivity contribution >= 4 is 0 Å². The molecule has 0 saturated heterocycles. The van der Waals surface area contributed by atoms with E-state index in [-0.39, 0.29) is 5.56 Å². The van der Waals surface area contributed by atoms with Crippen LogP contribution in [0.2, 0.25) is 0 Å². The maximum absolute atomic E-state index is 13.0. The van der Waals surface area contributed by atoms with Gasteiger partial charge < -0.3 is 0 Å². The van der Waals surface area contributed by atoms with E-state index in [2.05, 4.69) is 10.2 Å². The van der Waals surface area contributed by atoms with Crippen molar-refractivity contribution < 1.29 is 17.6 Å². The fraction of sp³-hybridized carbons (Fsp3) is 0.100. The fourth-order valence-corrected chi connectivity index (χ4v) is 1.33. The molecule has 16 heavy (non-hydrogen) atoms. The van der Waals surface area contributed by atoms with E-state index in [4.69, 9.17) is 0 Å². The predicted octanol–water partition coefficient (Wildman–Crippen LogP) is 3.23.